The van der Waals surface area contributed by atoms with E-state index in [0.29, 0.717) is 17.7 Å². The zero-order valence-electron chi connectivity index (χ0n) is 9.10. The number of hydrogen-bond acceptors (Lipinski definition) is 5. The number of nitrogens with two attached hydrogens (primary N) is 1. The second-order valence-electron chi connectivity index (χ2n) is 3.99. The first-order chi connectivity index (χ1) is 7.65. The number of hydrogen-bond donors (Lipinski definition) is 3. The van der Waals surface area contributed by atoms with Crippen molar-refractivity contribution in [2.45, 2.75) is 31.8 Å². The normalized spacial score (nSPS) is 16.6. The van der Waals surface area contributed by atoms with Crippen LogP contribution < -0.4 is 16.4 Å². The Hall–Kier alpha value is -1.85. The Morgan fingerprint density at radius 2 is 2.12 bits per heavy atom. The van der Waals surface area contributed by atoms with Gasteiger partial charge in [0.1, 0.15) is 6.04 Å². The molecule has 4 N–H and O–H groups in total. The summed E-state index contributed by atoms with van der Waals surface area (Å²) < 4.78 is 0. The van der Waals surface area contributed by atoms with E-state index in [1.54, 1.807) is 6.92 Å². The van der Waals surface area contributed by atoms with Gasteiger partial charge in [-0.2, -0.15) is 0 Å². The van der Waals surface area contributed by atoms with Gasteiger partial charge in [0.15, 0.2) is 0 Å². The molecule has 2 rings (SSSR count). The van der Waals surface area contributed by atoms with Crippen LogP contribution in [0.15, 0.2) is 12.4 Å². The van der Waals surface area contributed by atoms with Gasteiger partial charge in [-0.3, -0.25) is 4.79 Å². The zero-order chi connectivity index (χ0) is 11.5. The maximum atomic E-state index is 11.6. The van der Waals surface area contributed by atoms with Gasteiger partial charge in [0.05, 0.1) is 18.1 Å². The maximum absolute atomic E-state index is 11.6. The standard InChI is InChI=1S/C10H15N5O/c1-6(9(16)15-8-2-3-8)14-10-12-4-7(11)5-13-10/h4-6,8H,2-3,11H2,1H3,(H,15,16)(H,12,13,14). The molecule has 1 heterocycles. The molecule has 6 heteroatoms. The van der Waals surface area contributed by atoms with E-state index in [0.717, 1.165) is 12.8 Å². The number of aromatic nitrogens is 2. The predicted octanol–water partition coefficient (Wildman–Crippen LogP) is 0.138. The van der Waals surface area contributed by atoms with Crippen molar-refractivity contribution in [2.75, 3.05) is 11.1 Å². The molecule has 1 aliphatic carbocycles. The van der Waals surface area contributed by atoms with Gasteiger partial charge in [0, 0.05) is 6.04 Å². The average molecular weight is 221 g/mol. The monoisotopic (exact) mass is 221 g/mol. The van der Waals surface area contributed by atoms with Crippen molar-refractivity contribution in [2.24, 2.45) is 0 Å². The second kappa shape index (κ2) is 4.34. The summed E-state index contributed by atoms with van der Waals surface area (Å²) in [7, 11) is 0. The molecule has 1 aromatic heterocycles. The lowest BCUT2D eigenvalue weighted by molar-refractivity contribution is -0.121. The number of carbonyl (C=O) groups is 1. The Kier molecular flexibility index (Phi) is 2.89. The molecule has 1 saturated carbocycles. The van der Waals surface area contributed by atoms with Crippen molar-refractivity contribution in [3.8, 4) is 0 Å². The summed E-state index contributed by atoms with van der Waals surface area (Å²) in [6.45, 7) is 1.78. The van der Waals surface area contributed by atoms with Gasteiger partial charge in [-0.05, 0) is 19.8 Å². The molecular formula is C10H15N5O. The average Bonchev–Trinajstić information content (AvgIpc) is 3.05. The molecule has 1 amide bonds. The maximum Gasteiger partial charge on any atom is 0.242 e. The highest BCUT2D eigenvalue weighted by Gasteiger charge is 2.25. The van der Waals surface area contributed by atoms with Crippen molar-refractivity contribution in [3.05, 3.63) is 12.4 Å². The number of nitrogens with zero attached hydrogens (tertiary/aromatic N) is 2. The van der Waals surface area contributed by atoms with Crippen LogP contribution in [-0.4, -0.2) is 28.0 Å². The summed E-state index contributed by atoms with van der Waals surface area (Å²) in [6.07, 6.45) is 5.16. The van der Waals surface area contributed by atoms with E-state index in [4.69, 9.17) is 5.73 Å². The second-order valence-corrected chi connectivity index (χ2v) is 3.99. The Labute approximate surface area is 93.7 Å². The van der Waals surface area contributed by atoms with E-state index in [1.165, 1.54) is 12.4 Å². The number of rotatable bonds is 4. The van der Waals surface area contributed by atoms with Crippen molar-refractivity contribution < 1.29 is 4.79 Å². The fourth-order valence-electron chi connectivity index (χ4n) is 1.23. The highest BCUT2D eigenvalue weighted by atomic mass is 16.2. The zero-order valence-corrected chi connectivity index (χ0v) is 9.10. The van der Waals surface area contributed by atoms with Gasteiger partial charge in [-0.1, -0.05) is 0 Å². The minimum Gasteiger partial charge on any atom is -0.396 e. The van der Waals surface area contributed by atoms with Gasteiger partial charge in [-0.15, -0.1) is 0 Å². The van der Waals surface area contributed by atoms with Crippen molar-refractivity contribution in [3.63, 3.8) is 0 Å². The highest BCUT2D eigenvalue weighted by Crippen LogP contribution is 2.18. The predicted molar refractivity (Wildman–Crippen MR) is 60.7 cm³/mol. The van der Waals surface area contributed by atoms with Crippen LogP contribution >= 0.6 is 0 Å². The lowest BCUT2D eigenvalue weighted by atomic mass is 10.3. The molecule has 0 bridgehead atoms. The minimum absolute atomic E-state index is 0.0251. The lowest BCUT2D eigenvalue weighted by Gasteiger charge is -2.13. The fourth-order valence-corrected chi connectivity index (χ4v) is 1.23. The Morgan fingerprint density at radius 1 is 1.50 bits per heavy atom. The third-order valence-corrected chi connectivity index (χ3v) is 2.33. The van der Waals surface area contributed by atoms with E-state index >= 15 is 0 Å². The Morgan fingerprint density at radius 3 is 2.69 bits per heavy atom. The molecule has 16 heavy (non-hydrogen) atoms. The summed E-state index contributed by atoms with van der Waals surface area (Å²) in [6, 6.07) is 0.0216. The molecule has 0 aliphatic heterocycles. The van der Waals surface area contributed by atoms with E-state index in [-0.39, 0.29) is 11.9 Å². The summed E-state index contributed by atoms with van der Waals surface area (Å²) in [5, 5.41) is 5.82. The molecule has 1 aromatic rings. The van der Waals surface area contributed by atoms with Crippen molar-refractivity contribution >= 4 is 17.5 Å². The molecule has 1 atom stereocenters. The summed E-state index contributed by atoms with van der Waals surface area (Å²) in [4.78, 5) is 19.5. The van der Waals surface area contributed by atoms with Crippen LogP contribution in [0.25, 0.3) is 0 Å². The van der Waals surface area contributed by atoms with Crippen LogP contribution in [0.5, 0.6) is 0 Å². The Bertz CT molecular complexity index is 373. The molecule has 1 aliphatic rings. The summed E-state index contributed by atoms with van der Waals surface area (Å²) in [5.41, 5.74) is 5.96. The summed E-state index contributed by atoms with van der Waals surface area (Å²) in [5.74, 6) is 0.385. The van der Waals surface area contributed by atoms with Crippen LogP contribution in [0.3, 0.4) is 0 Å². The van der Waals surface area contributed by atoms with Gasteiger partial charge in [-0.25, -0.2) is 9.97 Å². The van der Waals surface area contributed by atoms with Gasteiger partial charge in [0.2, 0.25) is 11.9 Å². The minimum atomic E-state index is -0.343. The molecule has 1 unspecified atom stereocenters. The van der Waals surface area contributed by atoms with Gasteiger partial charge in [0.25, 0.3) is 0 Å². The van der Waals surface area contributed by atoms with Crippen LogP contribution in [-0.2, 0) is 4.79 Å². The van der Waals surface area contributed by atoms with E-state index in [2.05, 4.69) is 20.6 Å². The molecule has 1 fully saturated rings. The number of nitrogens with one attached hydrogen (secondary N) is 2. The van der Waals surface area contributed by atoms with Crippen LogP contribution in [0.4, 0.5) is 11.6 Å². The van der Waals surface area contributed by atoms with Crippen molar-refractivity contribution in [1.29, 1.82) is 0 Å². The molecule has 0 aromatic carbocycles. The lowest BCUT2D eigenvalue weighted by Crippen LogP contribution is -2.39. The first-order valence-electron chi connectivity index (χ1n) is 5.29. The third-order valence-electron chi connectivity index (χ3n) is 2.33. The van der Waals surface area contributed by atoms with E-state index in [9.17, 15) is 4.79 Å². The largest absolute Gasteiger partial charge is 0.396 e. The van der Waals surface area contributed by atoms with Crippen LogP contribution in [0.2, 0.25) is 0 Å². The fraction of sp³-hybridized carbons (Fsp3) is 0.500. The molecule has 0 radical (unpaired) electrons. The third kappa shape index (κ3) is 2.82. The van der Waals surface area contributed by atoms with Crippen molar-refractivity contribution in [1.82, 2.24) is 15.3 Å². The number of carbonyl (C=O) groups excluding carboxylic acids is 1. The number of nitrogen functional groups attached to an aromatic ring is 1. The molecule has 0 spiro atoms. The SMILES string of the molecule is CC(Nc1ncc(N)cn1)C(=O)NC1CC1. The Balaban J connectivity index is 1.87. The van der Waals surface area contributed by atoms with Crippen LogP contribution in [0.1, 0.15) is 19.8 Å². The number of anilines is 2. The quantitative estimate of drug-likeness (QED) is 0.672. The molecule has 6 nitrogen and oxygen atoms in total. The topological polar surface area (TPSA) is 92.9 Å². The molecule has 0 saturated heterocycles. The first kappa shape index (κ1) is 10.7. The molecular weight excluding hydrogens is 206 g/mol. The van der Waals surface area contributed by atoms with E-state index in [1.807, 2.05) is 0 Å². The van der Waals surface area contributed by atoms with Gasteiger partial charge >= 0.3 is 0 Å². The van der Waals surface area contributed by atoms with Gasteiger partial charge < -0.3 is 16.4 Å². The van der Waals surface area contributed by atoms with Crippen LogP contribution in [0, 0.1) is 0 Å². The summed E-state index contributed by atoms with van der Waals surface area (Å²) >= 11 is 0. The van der Waals surface area contributed by atoms with E-state index < -0.39 is 0 Å². The smallest absolute Gasteiger partial charge is 0.242 e. The first-order valence-corrected chi connectivity index (χ1v) is 5.29. The molecule has 86 valence electrons. The highest BCUT2D eigenvalue weighted by molar-refractivity contribution is 5.84. The number of amides is 1.